The average molecular weight is 454 g/mol. The molecule has 0 bridgehead atoms. The number of fused-ring (bicyclic) bond motifs is 3. The van der Waals surface area contributed by atoms with Crippen LogP contribution in [0.4, 0.5) is 9.18 Å². The molecule has 7 heteroatoms. The fourth-order valence-corrected chi connectivity index (χ4v) is 4.25. The number of nitrogens with zero attached hydrogens (tertiary/aromatic N) is 1. The molecular formula is C25H21ClFNO4. The van der Waals surface area contributed by atoms with E-state index in [1.165, 1.54) is 25.1 Å². The van der Waals surface area contributed by atoms with Crippen LogP contribution in [-0.4, -0.2) is 34.7 Å². The van der Waals surface area contributed by atoms with E-state index in [1.807, 2.05) is 48.5 Å². The van der Waals surface area contributed by atoms with E-state index in [0.29, 0.717) is 0 Å². The van der Waals surface area contributed by atoms with E-state index in [0.717, 1.165) is 27.2 Å². The highest BCUT2D eigenvalue weighted by Crippen LogP contribution is 2.44. The summed E-state index contributed by atoms with van der Waals surface area (Å²) in [7, 11) is 0. The van der Waals surface area contributed by atoms with Gasteiger partial charge in [0.25, 0.3) is 0 Å². The Bertz CT molecular complexity index is 1120. The smallest absolute Gasteiger partial charge is 0.410 e. The van der Waals surface area contributed by atoms with E-state index in [1.54, 1.807) is 0 Å². The Labute approximate surface area is 190 Å². The first kappa shape index (κ1) is 21.8. The van der Waals surface area contributed by atoms with Gasteiger partial charge in [-0.15, -0.1) is 0 Å². The average Bonchev–Trinajstić information content (AvgIpc) is 3.10. The molecule has 0 radical (unpaired) electrons. The summed E-state index contributed by atoms with van der Waals surface area (Å²) < 4.78 is 19.9. The molecule has 4 rings (SSSR count). The predicted octanol–water partition coefficient (Wildman–Crippen LogP) is 5.70. The Morgan fingerprint density at radius 1 is 1.03 bits per heavy atom. The Hall–Kier alpha value is -3.38. The Kier molecular flexibility index (Phi) is 6.15. The molecule has 0 saturated heterocycles. The van der Waals surface area contributed by atoms with E-state index in [9.17, 15) is 19.1 Å². The van der Waals surface area contributed by atoms with Crippen molar-refractivity contribution in [3.05, 3.63) is 94.3 Å². The number of hydrogen-bond acceptors (Lipinski definition) is 3. The molecule has 3 aromatic rings. The van der Waals surface area contributed by atoms with Crippen LogP contribution in [0.25, 0.3) is 11.1 Å². The number of rotatable bonds is 6. The minimum atomic E-state index is -1.23. The highest BCUT2D eigenvalue weighted by molar-refractivity contribution is 6.31. The number of halogens is 2. The second kappa shape index (κ2) is 9.01. The van der Waals surface area contributed by atoms with Crippen molar-refractivity contribution >= 4 is 23.7 Å². The molecule has 3 aromatic carbocycles. The van der Waals surface area contributed by atoms with Crippen LogP contribution in [0.15, 0.2) is 66.7 Å². The minimum Gasteiger partial charge on any atom is -0.480 e. The normalized spacial score (nSPS) is 13.2. The molecule has 1 atom stereocenters. The van der Waals surface area contributed by atoms with Gasteiger partial charge in [-0.2, -0.15) is 0 Å². The third-order valence-corrected chi connectivity index (χ3v) is 6.14. The van der Waals surface area contributed by atoms with Gasteiger partial charge in [-0.25, -0.2) is 14.0 Å². The number of ether oxygens (including phenoxy) is 1. The summed E-state index contributed by atoms with van der Waals surface area (Å²) >= 11 is 6.09. The van der Waals surface area contributed by atoms with Crippen LogP contribution >= 0.6 is 11.6 Å². The summed E-state index contributed by atoms with van der Waals surface area (Å²) in [6, 6.07) is 18.7. The number of carbonyl (C=O) groups excluding carboxylic acids is 1. The highest BCUT2D eigenvalue weighted by Gasteiger charge is 2.32. The molecule has 0 saturated carbocycles. The van der Waals surface area contributed by atoms with Crippen LogP contribution in [0.3, 0.4) is 0 Å². The quantitative estimate of drug-likeness (QED) is 0.519. The molecule has 1 aliphatic carbocycles. The van der Waals surface area contributed by atoms with Crippen LogP contribution in [0.1, 0.15) is 29.5 Å². The lowest BCUT2D eigenvalue weighted by atomic mass is 9.98. The van der Waals surface area contributed by atoms with Gasteiger partial charge in [0.1, 0.15) is 18.5 Å². The summed E-state index contributed by atoms with van der Waals surface area (Å²) in [6.45, 7) is 1.05. The lowest BCUT2D eigenvalue weighted by Crippen LogP contribution is -2.43. The summed E-state index contributed by atoms with van der Waals surface area (Å²) in [5, 5.41) is 9.59. The lowest BCUT2D eigenvalue weighted by molar-refractivity contribution is -0.142. The Balaban J connectivity index is 1.57. The first-order valence-corrected chi connectivity index (χ1v) is 10.5. The van der Waals surface area contributed by atoms with Gasteiger partial charge in [-0.05, 0) is 41.3 Å². The van der Waals surface area contributed by atoms with Crippen molar-refractivity contribution in [1.82, 2.24) is 4.90 Å². The molecule has 5 nitrogen and oxygen atoms in total. The molecule has 0 aromatic heterocycles. The summed E-state index contributed by atoms with van der Waals surface area (Å²) in [5.74, 6) is -2.03. The van der Waals surface area contributed by atoms with Gasteiger partial charge in [0.15, 0.2) is 0 Å². The number of amides is 1. The van der Waals surface area contributed by atoms with Gasteiger partial charge in [0, 0.05) is 16.5 Å². The number of benzene rings is 3. The molecule has 0 aliphatic heterocycles. The zero-order valence-corrected chi connectivity index (χ0v) is 18.1. The minimum absolute atomic E-state index is 0.0285. The van der Waals surface area contributed by atoms with Crippen molar-refractivity contribution in [3.63, 3.8) is 0 Å². The van der Waals surface area contributed by atoms with Gasteiger partial charge >= 0.3 is 12.1 Å². The highest BCUT2D eigenvalue weighted by atomic mass is 35.5. The number of hydrogen-bond donors (Lipinski definition) is 1. The molecule has 0 heterocycles. The van der Waals surface area contributed by atoms with Gasteiger partial charge in [0.2, 0.25) is 0 Å². The summed E-state index contributed by atoms with van der Waals surface area (Å²) in [6.07, 6.45) is -0.846. The predicted molar refractivity (Wildman–Crippen MR) is 119 cm³/mol. The molecule has 1 amide bonds. The fraction of sp³-hybridized carbons (Fsp3) is 0.200. The zero-order chi connectivity index (χ0) is 22.8. The Morgan fingerprint density at radius 3 is 2.19 bits per heavy atom. The maximum atomic E-state index is 14.3. The van der Waals surface area contributed by atoms with Crippen molar-refractivity contribution in [2.75, 3.05) is 6.61 Å². The van der Waals surface area contributed by atoms with Gasteiger partial charge < -0.3 is 9.84 Å². The van der Waals surface area contributed by atoms with E-state index >= 15 is 0 Å². The third-order valence-electron chi connectivity index (χ3n) is 5.79. The zero-order valence-electron chi connectivity index (χ0n) is 17.3. The number of carboxylic acids is 1. The lowest BCUT2D eigenvalue weighted by Gasteiger charge is -2.27. The molecule has 0 fully saturated rings. The molecule has 32 heavy (non-hydrogen) atoms. The largest absolute Gasteiger partial charge is 0.480 e. The van der Waals surface area contributed by atoms with Crippen LogP contribution in [0.2, 0.25) is 5.02 Å². The van der Waals surface area contributed by atoms with E-state index < -0.39 is 23.9 Å². The van der Waals surface area contributed by atoms with Crippen molar-refractivity contribution in [1.29, 1.82) is 0 Å². The molecule has 1 N–H and O–H groups in total. The van der Waals surface area contributed by atoms with Crippen LogP contribution < -0.4 is 0 Å². The van der Waals surface area contributed by atoms with E-state index in [-0.39, 0.29) is 29.7 Å². The van der Waals surface area contributed by atoms with Crippen molar-refractivity contribution < 1.29 is 23.8 Å². The molecular weight excluding hydrogens is 433 g/mol. The molecule has 1 unspecified atom stereocenters. The van der Waals surface area contributed by atoms with E-state index in [2.05, 4.69) is 0 Å². The first-order valence-electron chi connectivity index (χ1n) is 10.2. The topological polar surface area (TPSA) is 66.8 Å². The molecule has 0 spiro atoms. The summed E-state index contributed by atoms with van der Waals surface area (Å²) in [4.78, 5) is 25.6. The monoisotopic (exact) mass is 453 g/mol. The first-order chi connectivity index (χ1) is 15.4. The standard InChI is InChI=1S/C25H21ClFNO4/c1-15(24(29)30)28(13-20-22(26)11-6-12-23(20)27)25(31)32-14-21-18-9-4-2-7-16(18)17-8-3-5-10-19(17)21/h2-12,15,21H,13-14H2,1H3,(H,29,30). The van der Waals surface area contributed by atoms with Crippen molar-refractivity contribution in [2.24, 2.45) is 0 Å². The Morgan fingerprint density at radius 2 is 1.62 bits per heavy atom. The number of carboxylic acid groups (broad SMARTS) is 1. The van der Waals surface area contributed by atoms with Crippen LogP contribution in [0, 0.1) is 5.82 Å². The van der Waals surface area contributed by atoms with Crippen molar-refractivity contribution in [3.8, 4) is 11.1 Å². The molecule has 1 aliphatic rings. The maximum Gasteiger partial charge on any atom is 0.410 e. The maximum absolute atomic E-state index is 14.3. The van der Waals surface area contributed by atoms with Gasteiger partial charge in [-0.3, -0.25) is 4.90 Å². The molecule has 164 valence electrons. The third kappa shape index (κ3) is 4.06. The van der Waals surface area contributed by atoms with Crippen LogP contribution in [-0.2, 0) is 16.1 Å². The number of carbonyl (C=O) groups is 2. The van der Waals surface area contributed by atoms with Crippen molar-refractivity contribution in [2.45, 2.75) is 25.4 Å². The SMILES string of the molecule is CC(C(=O)O)N(Cc1c(F)cccc1Cl)C(=O)OCC1c2ccccc2-c2ccccc21. The van der Waals surface area contributed by atoms with E-state index in [4.69, 9.17) is 16.3 Å². The number of aliphatic carboxylic acids is 1. The van der Waals surface area contributed by atoms with Gasteiger partial charge in [0.05, 0.1) is 6.54 Å². The summed E-state index contributed by atoms with van der Waals surface area (Å²) in [5.41, 5.74) is 4.28. The second-order valence-electron chi connectivity index (χ2n) is 7.65. The fourth-order valence-electron chi connectivity index (χ4n) is 4.02. The second-order valence-corrected chi connectivity index (χ2v) is 8.05. The van der Waals surface area contributed by atoms with Crippen LogP contribution in [0.5, 0.6) is 0 Å². The van der Waals surface area contributed by atoms with Gasteiger partial charge in [-0.1, -0.05) is 66.2 Å².